The van der Waals surface area contributed by atoms with Gasteiger partial charge >= 0.3 is 6.09 Å². The molecule has 0 radical (unpaired) electrons. The van der Waals surface area contributed by atoms with E-state index in [1.807, 2.05) is 63.8 Å². The Hall–Kier alpha value is -2.13. The number of hydrogen-bond acceptors (Lipinski definition) is 6. The SMILES string of the molecule is C=CCN(CC=C)c1cccc([C@H]2[C@@H]3OC(C)(C)O[C@@H]3[C@@H](CO[Si](C)(C)C(C)(C)C)N2C(=O)OC(C)(C)C)c1. The number of hydrogen-bond donors (Lipinski definition) is 0. The number of fused-ring (bicyclic) bond motifs is 1. The molecule has 0 N–H and O–H groups in total. The molecule has 0 unspecified atom stereocenters. The Morgan fingerprint density at radius 2 is 1.67 bits per heavy atom. The molecule has 0 aromatic heterocycles. The topological polar surface area (TPSA) is 60.5 Å². The second kappa shape index (κ2) is 11.4. The van der Waals surface area contributed by atoms with E-state index in [9.17, 15) is 4.79 Å². The third-order valence-electron chi connectivity index (χ3n) is 7.81. The highest BCUT2D eigenvalue weighted by Gasteiger charge is 2.60. The summed E-state index contributed by atoms with van der Waals surface area (Å²) >= 11 is 0. The number of carbonyl (C=O) groups is 1. The minimum atomic E-state index is -2.11. The van der Waals surface area contributed by atoms with Crippen molar-refractivity contribution in [3.05, 3.63) is 55.1 Å². The molecule has 2 aliphatic rings. The van der Waals surface area contributed by atoms with Crippen LogP contribution in [0.4, 0.5) is 10.5 Å². The van der Waals surface area contributed by atoms with E-state index in [-0.39, 0.29) is 23.3 Å². The highest BCUT2D eigenvalue weighted by Crippen LogP contribution is 2.49. The second-order valence-corrected chi connectivity index (χ2v) is 18.4. The summed E-state index contributed by atoms with van der Waals surface area (Å²) in [6.45, 7) is 30.1. The number of amides is 1. The van der Waals surface area contributed by atoms with Gasteiger partial charge in [0.25, 0.3) is 0 Å². The van der Waals surface area contributed by atoms with Gasteiger partial charge in [-0.25, -0.2) is 4.79 Å². The lowest BCUT2D eigenvalue weighted by Crippen LogP contribution is -2.50. The smallest absolute Gasteiger partial charge is 0.411 e. The van der Waals surface area contributed by atoms with Gasteiger partial charge < -0.3 is 23.5 Å². The summed E-state index contributed by atoms with van der Waals surface area (Å²) in [6.07, 6.45) is 2.63. The van der Waals surface area contributed by atoms with Gasteiger partial charge in [0.15, 0.2) is 14.1 Å². The second-order valence-electron chi connectivity index (χ2n) is 13.6. The van der Waals surface area contributed by atoms with Crippen LogP contribution in [0.25, 0.3) is 0 Å². The predicted molar refractivity (Wildman–Crippen MR) is 161 cm³/mol. The highest BCUT2D eigenvalue weighted by molar-refractivity contribution is 6.74. The van der Waals surface area contributed by atoms with Crippen molar-refractivity contribution < 1.29 is 23.4 Å². The standard InChI is InChI=1S/C31H50N2O5Si/c1-13-18-32(19-14-2)23-17-15-16-22(20-23)25-27-26(36-31(9,10)37-27)24(21-35-39(11,12)30(6,7)8)33(25)28(34)38-29(3,4)5/h13-17,20,24-27H,1-2,18-19,21H2,3-12H3/t24-,25+,26-,27+/m1/s1. The molecular weight excluding hydrogens is 508 g/mol. The molecule has 0 bridgehead atoms. The van der Waals surface area contributed by atoms with Gasteiger partial charge in [-0.05, 0) is 70.4 Å². The van der Waals surface area contributed by atoms with Gasteiger partial charge in [-0.1, -0.05) is 45.1 Å². The Morgan fingerprint density at radius 1 is 1.08 bits per heavy atom. The van der Waals surface area contributed by atoms with Crippen LogP contribution < -0.4 is 4.90 Å². The zero-order valence-electron chi connectivity index (χ0n) is 25.7. The third kappa shape index (κ3) is 7.15. The average Bonchev–Trinajstić information content (AvgIpc) is 3.25. The minimum Gasteiger partial charge on any atom is -0.444 e. The van der Waals surface area contributed by atoms with Gasteiger partial charge in [0, 0.05) is 18.8 Å². The lowest BCUT2D eigenvalue weighted by atomic mass is 10.00. The molecule has 0 aliphatic carbocycles. The molecule has 2 saturated heterocycles. The van der Waals surface area contributed by atoms with Gasteiger partial charge in [-0.15, -0.1) is 13.2 Å². The van der Waals surface area contributed by atoms with E-state index in [4.69, 9.17) is 18.6 Å². The lowest BCUT2D eigenvalue weighted by molar-refractivity contribution is -0.168. The van der Waals surface area contributed by atoms with Gasteiger partial charge in [-0.2, -0.15) is 0 Å². The normalized spacial score (nSPS) is 24.8. The van der Waals surface area contributed by atoms with Crippen LogP contribution in [0.3, 0.4) is 0 Å². The van der Waals surface area contributed by atoms with E-state index in [0.29, 0.717) is 19.7 Å². The van der Waals surface area contributed by atoms with E-state index in [1.165, 1.54) is 0 Å². The van der Waals surface area contributed by atoms with E-state index < -0.39 is 31.8 Å². The predicted octanol–water partition coefficient (Wildman–Crippen LogP) is 7.07. The molecule has 0 spiro atoms. The monoisotopic (exact) mass is 558 g/mol. The molecule has 1 aromatic rings. The van der Waals surface area contributed by atoms with Crippen LogP contribution >= 0.6 is 0 Å². The van der Waals surface area contributed by atoms with Crippen molar-refractivity contribution >= 4 is 20.1 Å². The summed E-state index contributed by atoms with van der Waals surface area (Å²) in [4.78, 5) is 17.9. The van der Waals surface area contributed by atoms with Crippen molar-refractivity contribution in [2.75, 3.05) is 24.6 Å². The number of rotatable bonds is 9. The Bertz CT molecular complexity index is 1030. The van der Waals surface area contributed by atoms with Gasteiger partial charge in [-0.3, -0.25) is 4.90 Å². The van der Waals surface area contributed by atoms with E-state index in [0.717, 1.165) is 11.3 Å². The molecule has 3 rings (SSSR count). The van der Waals surface area contributed by atoms with Crippen LogP contribution in [-0.2, 0) is 18.6 Å². The van der Waals surface area contributed by atoms with E-state index >= 15 is 0 Å². The number of ether oxygens (including phenoxy) is 3. The van der Waals surface area contributed by atoms with Crippen molar-refractivity contribution in [2.24, 2.45) is 0 Å². The van der Waals surface area contributed by atoms with Crippen LogP contribution in [0.15, 0.2) is 49.6 Å². The number of likely N-dealkylation sites (tertiary alicyclic amines) is 1. The summed E-state index contributed by atoms with van der Waals surface area (Å²) in [6, 6.07) is 7.48. The summed E-state index contributed by atoms with van der Waals surface area (Å²) < 4.78 is 25.7. The van der Waals surface area contributed by atoms with Crippen LogP contribution in [0.1, 0.15) is 67.0 Å². The zero-order valence-corrected chi connectivity index (χ0v) is 26.7. The molecule has 2 aliphatic heterocycles. The fraction of sp³-hybridized carbons (Fsp3) is 0.645. The Kier molecular flexibility index (Phi) is 9.17. The molecule has 4 atom stereocenters. The van der Waals surface area contributed by atoms with Crippen molar-refractivity contribution in [1.29, 1.82) is 0 Å². The zero-order chi connectivity index (χ0) is 29.4. The van der Waals surface area contributed by atoms with Gasteiger partial charge in [0.2, 0.25) is 0 Å². The lowest BCUT2D eigenvalue weighted by Gasteiger charge is -2.40. The molecule has 218 valence electrons. The van der Waals surface area contributed by atoms with Crippen LogP contribution in [0, 0.1) is 0 Å². The maximum Gasteiger partial charge on any atom is 0.411 e. The maximum atomic E-state index is 13.9. The number of anilines is 1. The first-order valence-electron chi connectivity index (χ1n) is 14.0. The average molecular weight is 559 g/mol. The molecule has 39 heavy (non-hydrogen) atoms. The van der Waals surface area contributed by atoms with E-state index in [1.54, 1.807) is 0 Å². The molecule has 8 heteroatoms. The molecule has 1 aromatic carbocycles. The third-order valence-corrected chi connectivity index (χ3v) is 12.3. The highest BCUT2D eigenvalue weighted by atomic mass is 28.4. The Balaban J connectivity index is 2.09. The Labute approximate surface area is 237 Å². The van der Waals surface area contributed by atoms with E-state index in [2.05, 4.69) is 64.1 Å². The first-order chi connectivity index (χ1) is 17.9. The number of benzene rings is 1. The summed E-state index contributed by atoms with van der Waals surface area (Å²) in [5, 5.41) is 0.0293. The summed E-state index contributed by atoms with van der Waals surface area (Å²) in [7, 11) is -2.11. The molecule has 2 heterocycles. The van der Waals surface area contributed by atoms with Crippen molar-refractivity contribution in [2.45, 2.75) is 109 Å². The van der Waals surface area contributed by atoms with Crippen LogP contribution in [-0.4, -0.2) is 68.6 Å². The molecular formula is C31H50N2O5Si. The largest absolute Gasteiger partial charge is 0.444 e. The minimum absolute atomic E-state index is 0.0293. The number of carbonyl (C=O) groups excluding carboxylic acids is 1. The van der Waals surface area contributed by atoms with Gasteiger partial charge in [0.1, 0.15) is 17.8 Å². The quantitative estimate of drug-likeness (QED) is 0.239. The fourth-order valence-corrected chi connectivity index (χ4v) is 6.00. The van der Waals surface area contributed by atoms with Crippen LogP contribution in [0.5, 0.6) is 0 Å². The van der Waals surface area contributed by atoms with Crippen molar-refractivity contribution in [3.8, 4) is 0 Å². The Morgan fingerprint density at radius 3 is 2.21 bits per heavy atom. The first kappa shape index (κ1) is 31.4. The number of nitrogens with zero attached hydrogens (tertiary/aromatic N) is 2. The van der Waals surface area contributed by atoms with Crippen LogP contribution in [0.2, 0.25) is 18.1 Å². The van der Waals surface area contributed by atoms with Gasteiger partial charge in [0.05, 0.1) is 18.7 Å². The molecule has 7 nitrogen and oxygen atoms in total. The van der Waals surface area contributed by atoms with Crippen molar-refractivity contribution in [1.82, 2.24) is 4.90 Å². The first-order valence-corrected chi connectivity index (χ1v) is 16.9. The molecule has 2 fully saturated rings. The molecule has 1 amide bonds. The summed E-state index contributed by atoms with van der Waals surface area (Å²) in [5.74, 6) is -0.780. The van der Waals surface area contributed by atoms with Crippen molar-refractivity contribution in [3.63, 3.8) is 0 Å². The molecule has 0 saturated carbocycles. The maximum absolute atomic E-state index is 13.9. The fourth-order valence-electron chi connectivity index (χ4n) is 4.98. The summed E-state index contributed by atoms with van der Waals surface area (Å²) in [5.41, 5.74) is 1.33.